The van der Waals surface area contributed by atoms with E-state index in [2.05, 4.69) is 0 Å². The van der Waals surface area contributed by atoms with Crippen LogP contribution in [0.5, 0.6) is 0 Å². The van der Waals surface area contributed by atoms with Crippen molar-refractivity contribution >= 4 is 12.3 Å². The van der Waals surface area contributed by atoms with Gasteiger partial charge in [-0.15, -0.1) is 0 Å². The first-order chi connectivity index (χ1) is 7.11. The largest absolute Gasteiger partial charge is 0.480 e. The second kappa shape index (κ2) is 4.77. The third kappa shape index (κ3) is 2.26. The summed E-state index contributed by atoms with van der Waals surface area (Å²) in [6.07, 6.45) is 3.07. The molecule has 0 saturated carbocycles. The third-order valence-corrected chi connectivity index (χ3v) is 2.67. The number of aliphatic carboxylic acids is 1. The number of hydrogen-bond donors (Lipinski definition) is 1. The van der Waals surface area contributed by atoms with E-state index in [0.717, 1.165) is 6.42 Å². The number of carboxylic acid groups (broad SMARTS) is 1. The van der Waals surface area contributed by atoms with Gasteiger partial charge in [-0.05, 0) is 18.1 Å². The fraction of sp³-hybridized carbons (Fsp3) is 0.455. The molecule has 4 heteroatoms. The van der Waals surface area contributed by atoms with Crippen LogP contribution in [0.4, 0.5) is 0 Å². The fourth-order valence-corrected chi connectivity index (χ4v) is 1.62. The first kappa shape index (κ1) is 11.5. The molecule has 82 valence electrons. The van der Waals surface area contributed by atoms with E-state index in [1.165, 1.54) is 4.57 Å². The molecular formula is C11H15NO3. The van der Waals surface area contributed by atoms with Gasteiger partial charge < -0.3 is 9.67 Å². The lowest BCUT2D eigenvalue weighted by Gasteiger charge is -2.21. The van der Waals surface area contributed by atoms with Crippen LogP contribution in [-0.4, -0.2) is 21.9 Å². The van der Waals surface area contributed by atoms with Crippen molar-refractivity contribution in [3.63, 3.8) is 0 Å². The molecule has 15 heavy (non-hydrogen) atoms. The number of carboxylic acids is 1. The summed E-state index contributed by atoms with van der Waals surface area (Å²) < 4.78 is 1.52. The SMILES string of the molecule is CCC(C)[C@@H](C(=O)O)n1cccc1C=O. The molecule has 0 fully saturated rings. The zero-order chi connectivity index (χ0) is 11.4. The molecule has 1 N–H and O–H groups in total. The van der Waals surface area contributed by atoms with Gasteiger partial charge in [0.15, 0.2) is 6.29 Å². The summed E-state index contributed by atoms with van der Waals surface area (Å²) in [5.41, 5.74) is 0.405. The number of carbonyl (C=O) groups is 2. The van der Waals surface area contributed by atoms with Crippen LogP contribution in [0.15, 0.2) is 18.3 Å². The first-order valence-corrected chi connectivity index (χ1v) is 4.96. The highest BCUT2D eigenvalue weighted by molar-refractivity contribution is 5.77. The van der Waals surface area contributed by atoms with Gasteiger partial charge in [-0.25, -0.2) is 4.79 Å². The van der Waals surface area contributed by atoms with Crippen molar-refractivity contribution in [2.45, 2.75) is 26.3 Å². The van der Waals surface area contributed by atoms with Gasteiger partial charge in [-0.1, -0.05) is 20.3 Å². The molecule has 1 rings (SSSR count). The third-order valence-electron chi connectivity index (χ3n) is 2.67. The van der Waals surface area contributed by atoms with Crippen LogP contribution in [0.3, 0.4) is 0 Å². The van der Waals surface area contributed by atoms with Crippen molar-refractivity contribution in [2.24, 2.45) is 5.92 Å². The minimum absolute atomic E-state index is 0.00593. The Balaban J connectivity index is 3.09. The Morgan fingerprint density at radius 3 is 2.80 bits per heavy atom. The molecule has 1 unspecified atom stereocenters. The summed E-state index contributed by atoms with van der Waals surface area (Å²) in [6.45, 7) is 3.80. The van der Waals surface area contributed by atoms with E-state index in [1.807, 2.05) is 13.8 Å². The zero-order valence-corrected chi connectivity index (χ0v) is 8.88. The van der Waals surface area contributed by atoms with Gasteiger partial charge in [-0.3, -0.25) is 4.79 Å². The molecule has 4 nitrogen and oxygen atoms in total. The highest BCUT2D eigenvalue weighted by atomic mass is 16.4. The molecular weight excluding hydrogens is 194 g/mol. The van der Waals surface area contributed by atoms with Crippen LogP contribution in [0.2, 0.25) is 0 Å². The maximum absolute atomic E-state index is 11.1. The summed E-state index contributed by atoms with van der Waals surface area (Å²) in [5.74, 6) is -0.905. The lowest BCUT2D eigenvalue weighted by Crippen LogP contribution is -2.26. The number of hydrogen-bond acceptors (Lipinski definition) is 2. The molecule has 0 aliphatic carbocycles. The van der Waals surface area contributed by atoms with E-state index in [1.54, 1.807) is 18.3 Å². The van der Waals surface area contributed by atoms with E-state index in [9.17, 15) is 9.59 Å². The summed E-state index contributed by atoms with van der Waals surface area (Å²) in [6, 6.07) is 2.64. The monoisotopic (exact) mass is 209 g/mol. The number of rotatable bonds is 5. The van der Waals surface area contributed by atoms with E-state index in [4.69, 9.17) is 5.11 Å². The molecule has 1 aromatic rings. The standard InChI is InChI=1S/C11H15NO3/c1-3-8(2)10(11(14)15)12-6-4-5-9(12)7-13/h4-8,10H,3H2,1-2H3,(H,14,15)/t8?,10-/m0/s1. The van der Waals surface area contributed by atoms with Gasteiger partial charge in [0, 0.05) is 6.20 Å². The highest BCUT2D eigenvalue weighted by Crippen LogP contribution is 2.23. The summed E-state index contributed by atoms with van der Waals surface area (Å²) in [4.78, 5) is 21.8. The number of nitrogens with zero attached hydrogens (tertiary/aromatic N) is 1. The Hall–Kier alpha value is -1.58. The Morgan fingerprint density at radius 2 is 2.33 bits per heavy atom. The minimum Gasteiger partial charge on any atom is -0.480 e. The molecule has 0 radical (unpaired) electrons. The Labute approximate surface area is 88.5 Å². The van der Waals surface area contributed by atoms with Crippen molar-refractivity contribution in [1.29, 1.82) is 0 Å². The summed E-state index contributed by atoms with van der Waals surface area (Å²) >= 11 is 0. The predicted octanol–water partition coefficient (Wildman–Crippen LogP) is 1.97. The van der Waals surface area contributed by atoms with E-state index in [-0.39, 0.29) is 5.92 Å². The van der Waals surface area contributed by atoms with Gasteiger partial charge in [0.05, 0.1) is 5.69 Å². The number of aromatic nitrogens is 1. The van der Waals surface area contributed by atoms with Crippen molar-refractivity contribution in [1.82, 2.24) is 4.57 Å². The van der Waals surface area contributed by atoms with Crippen LogP contribution >= 0.6 is 0 Å². The minimum atomic E-state index is -0.899. The van der Waals surface area contributed by atoms with Crippen molar-refractivity contribution in [3.05, 3.63) is 24.0 Å². The van der Waals surface area contributed by atoms with E-state index < -0.39 is 12.0 Å². The average molecular weight is 209 g/mol. The fourth-order valence-electron chi connectivity index (χ4n) is 1.62. The first-order valence-electron chi connectivity index (χ1n) is 4.96. The lowest BCUT2D eigenvalue weighted by atomic mass is 9.99. The van der Waals surface area contributed by atoms with Gasteiger partial charge in [0.1, 0.15) is 6.04 Å². The van der Waals surface area contributed by atoms with Crippen LogP contribution in [-0.2, 0) is 4.79 Å². The van der Waals surface area contributed by atoms with Crippen LogP contribution in [0, 0.1) is 5.92 Å². The zero-order valence-electron chi connectivity index (χ0n) is 8.88. The van der Waals surface area contributed by atoms with E-state index >= 15 is 0 Å². The molecule has 0 aromatic carbocycles. The van der Waals surface area contributed by atoms with Crippen LogP contribution in [0.1, 0.15) is 36.8 Å². The normalized spacial score (nSPS) is 14.5. The number of carbonyl (C=O) groups excluding carboxylic acids is 1. The smallest absolute Gasteiger partial charge is 0.326 e. The maximum Gasteiger partial charge on any atom is 0.326 e. The van der Waals surface area contributed by atoms with Crippen LogP contribution in [0.25, 0.3) is 0 Å². The van der Waals surface area contributed by atoms with E-state index in [0.29, 0.717) is 12.0 Å². The van der Waals surface area contributed by atoms with Gasteiger partial charge in [-0.2, -0.15) is 0 Å². The molecule has 2 atom stereocenters. The van der Waals surface area contributed by atoms with Crippen molar-refractivity contribution in [2.75, 3.05) is 0 Å². The Kier molecular flexibility index (Phi) is 3.66. The summed E-state index contributed by atoms with van der Waals surface area (Å²) in [7, 11) is 0. The molecule has 0 saturated heterocycles. The van der Waals surface area contributed by atoms with Gasteiger partial charge in [0.25, 0.3) is 0 Å². The molecule has 1 aromatic heterocycles. The van der Waals surface area contributed by atoms with Gasteiger partial charge in [0.2, 0.25) is 0 Å². The second-order valence-corrected chi connectivity index (χ2v) is 3.63. The lowest BCUT2D eigenvalue weighted by molar-refractivity contribution is -0.142. The van der Waals surface area contributed by atoms with Crippen molar-refractivity contribution in [3.8, 4) is 0 Å². The molecule has 1 heterocycles. The quantitative estimate of drug-likeness (QED) is 0.754. The average Bonchev–Trinajstić information content (AvgIpc) is 2.65. The summed E-state index contributed by atoms with van der Waals surface area (Å²) in [5, 5.41) is 9.13. The highest BCUT2D eigenvalue weighted by Gasteiger charge is 2.26. The van der Waals surface area contributed by atoms with Crippen molar-refractivity contribution < 1.29 is 14.7 Å². The topological polar surface area (TPSA) is 59.3 Å². The maximum atomic E-state index is 11.1. The molecule has 0 aliphatic rings. The number of aldehydes is 1. The van der Waals surface area contributed by atoms with Gasteiger partial charge >= 0.3 is 5.97 Å². The Morgan fingerprint density at radius 1 is 1.67 bits per heavy atom. The second-order valence-electron chi connectivity index (χ2n) is 3.63. The molecule has 0 spiro atoms. The molecule has 0 aliphatic heterocycles. The van der Waals surface area contributed by atoms with Crippen LogP contribution < -0.4 is 0 Å². The molecule has 0 amide bonds. The molecule has 0 bridgehead atoms. The Bertz CT molecular complexity index is 356. The predicted molar refractivity (Wildman–Crippen MR) is 55.9 cm³/mol.